The zero-order valence-electron chi connectivity index (χ0n) is 7.21. The normalized spacial score (nSPS) is 9.42. The van der Waals surface area contributed by atoms with Gasteiger partial charge in [0.25, 0.3) is 0 Å². The second-order valence-corrected chi connectivity index (χ2v) is 3.22. The molecule has 0 atom stereocenters. The number of hydrogen-bond acceptors (Lipinski definition) is 1. The van der Waals surface area contributed by atoms with E-state index in [1.54, 1.807) is 11.8 Å². The summed E-state index contributed by atoms with van der Waals surface area (Å²) in [5.41, 5.74) is 2.33. The molecule has 0 bridgehead atoms. The van der Waals surface area contributed by atoms with Gasteiger partial charge in [0.05, 0.1) is 0 Å². The van der Waals surface area contributed by atoms with E-state index in [9.17, 15) is 0 Å². The van der Waals surface area contributed by atoms with Crippen LogP contribution in [0.1, 0.15) is 11.1 Å². The summed E-state index contributed by atoms with van der Waals surface area (Å²) in [5, 5.41) is 0. The van der Waals surface area contributed by atoms with E-state index in [2.05, 4.69) is 25.5 Å². The summed E-state index contributed by atoms with van der Waals surface area (Å²) in [6, 6.07) is 6.17. The van der Waals surface area contributed by atoms with Crippen LogP contribution in [0.5, 0.6) is 0 Å². The number of benzene rings is 1. The van der Waals surface area contributed by atoms with Gasteiger partial charge >= 0.3 is 0 Å². The molecule has 0 radical (unpaired) electrons. The lowest BCUT2D eigenvalue weighted by Crippen LogP contribution is -1.83. The maximum Gasteiger partial charge on any atom is 0.0147 e. The maximum atomic E-state index is 3.79. The maximum absolute atomic E-state index is 3.79. The van der Waals surface area contributed by atoms with Crippen LogP contribution in [-0.2, 0) is 0 Å². The van der Waals surface area contributed by atoms with E-state index in [1.165, 1.54) is 10.5 Å². The molecule has 1 aromatic carbocycles. The van der Waals surface area contributed by atoms with Crippen LogP contribution in [0.2, 0.25) is 0 Å². The molecule has 0 nitrogen and oxygen atoms in total. The monoisotopic (exact) mass is 176 g/mol. The van der Waals surface area contributed by atoms with Gasteiger partial charge in [-0.2, -0.15) is 0 Å². The highest BCUT2D eigenvalue weighted by Crippen LogP contribution is 2.24. The molecule has 0 amide bonds. The van der Waals surface area contributed by atoms with Crippen LogP contribution in [-0.4, -0.2) is 6.26 Å². The van der Waals surface area contributed by atoms with Crippen molar-refractivity contribution in [2.24, 2.45) is 0 Å². The Morgan fingerprint density at radius 2 is 2.00 bits per heavy atom. The van der Waals surface area contributed by atoms with E-state index in [0.29, 0.717) is 0 Å². The van der Waals surface area contributed by atoms with E-state index in [0.717, 1.165) is 5.56 Å². The standard InChI is InChI=1S/C11H12S/c1-4-9-7-6-8-11(12-3)10(9)5-2/h4-8H,1-2H2,3H3. The Morgan fingerprint density at radius 3 is 2.50 bits per heavy atom. The average molecular weight is 176 g/mol. The fourth-order valence-electron chi connectivity index (χ4n) is 1.14. The summed E-state index contributed by atoms with van der Waals surface area (Å²) in [4.78, 5) is 1.25. The second-order valence-electron chi connectivity index (χ2n) is 2.37. The van der Waals surface area contributed by atoms with Gasteiger partial charge in [0.1, 0.15) is 0 Å². The molecular formula is C11H12S. The lowest BCUT2D eigenvalue weighted by Gasteiger charge is -2.05. The van der Waals surface area contributed by atoms with Crippen LogP contribution < -0.4 is 0 Å². The molecule has 1 rings (SSSR count). The molecule has 0 N–H and O–H groups in total. The van der Waals surface area contributed by atoms with E-state index >= 15 is 0 Å². The number of rotatable bonds is 3. The van der Waals surface area contributed by atoms with Gasteiger partial charge in [-0.3, -0.25) is 0 Å². The summed E-state index contributed by atoms with van der Waals surface area (Å²) in [6.07, 6.45) is 5.80. The van der Waals surface area contributed by atoms with Crippen LogP contribution in [0.4, 0.5) is 0 Å². The smallest absolute Gasteiger partial charge is 0.0147 e. The average Bonchev–Trinajstić information content (AvgIpc) is 2.16. The van der Waals surface area contributed by atoms with Gasteiger partial charge in [-0.25, -0.2) is 0 Å². The van der Waals surface area contributed by atoms with Crippen molar-refractivity contribution in [2.45, 2.75) is 4.90 Å². The zero-order chi connectivity index (χ0) is 8.97. The zero-order valence-corrected chi connectivity index (χ0v) is 8.03. The highest BCUT2D eigenvalue weighted by Gasteiger charge is 2.00. The molecule has 0 fully saturated rings. The Bertz CT molecular complexity index is 300. The van der Waals surface area contributed by atoms with Gasteiger partial charge in [-0.15, -0.1) is 11.8 Å². The topological polar surface area (TPSA) is 0 Å². The number of hydrogen-bond donors (Lipinski definition) is 0. The van der Waals surface area contributed by atoms with Crippen LogP contribution in [0, 0.1) is 0 Å². The fourth-order valence-corrected chi connectivity index (χ4v) is 1.77. The van der Waals surface area contributed by atoms with Crippen molar-refractivity contribution >= 4 is 23.9 Å². The van der Waals surface area contributed by atoms with E-state index < -0.39 is 0 Å². The second kappa shape index (κ2) is 4.17. The molecule has 1 aromatic rings. The van der Waals surface area contributed by atoms with Crippen molar-refractivity contribution in [3.63, 3.8) is 0 Å². The van der Waals surface area contributed by atoms with Gasteiger partial charge < -0.3 is 0 Å². The minimum absolute atomic E-state index is 1.15. The van der Waals surface area contributed by atoms with Crippen LogP contribution in [0.3, 0.4) is 0 Å². The molecule has 1 heteroatoms. The molecule has 0 aromatic heterocycles. The van der Waals surface area contributed by atoms with Crippen LogP contribution in [0.15, 0.2) is 36.3 Å². The van der Waals surface area contributed by atoms with E-state index in [1.807, 2.05) is 24.3 Å². The molecule has 0 spiro atoms. The van der Waals surface area contributed by atoms with Gasteiger partial charge in [0, 0.05) is 4.90 Å². The Kier molecular flexibility index (Phi) is 3.18. The molecule has 0 aliphatic carbocycles. The van der Waals surface area contributed by atoms with E-state index in [-0.39, 0.29) is 0 Å². The van der Waals surface area contributed by atoms with Gasteiger partial charge in [0.2, 0.25) is 0 Å². The Balaban J connectivity index is 3.31. The van der Waals surface area contributed by atoms with Gasteiger partial charge in [-0.1, -0.05) is 37.4 Å². The first-order chi connectivity index (χ1) is 5.83. The first-order valence-electron chi connectivity index (χ1n) is 3.75. The largest absolute Gasteiger partial charge is 0.129 e. The summed E-state index contributed by atoms with van der Waals surface area (Å²) in [6.45, 7) is 7.54. The molecule has 0 unspecified atom stereocenters. The molecular weight excluding hydrogens is 164 g/mol. The summed E-state index contributed by atoms with van der Waals surface area (Å²) < 4.78 is 0. The van der Waals surface area contributed by atoms with Crippen molar-refractivity contribution in [2.75, 3.05) is 6.26 Å². The highest BCUT2D eigenvalue weighted by atomic mass is 32.2. The van der Waals surface area contributed by atoms with Gasteiger partial charge in [0.15, 0.2) is 0 Å². The third-order valence-electron chi connectivity index (χ3n) is 1.74. The summed E-state index contributed by atoms with van der Waals surface area (Å²) in [7, 11) is 0. The van der Waals surface area contributed by atoms with Crippen LogP contribution in [0.25, 0.3) is 12.2 Å². The fraction of sp³-hybridized carbons (Fsp3) is 0.0909. The molecule has 0 heterocycles. The molecule has 0 saturated heterocycles. The lowest BCUT2D eigenvalue weighted by atomic mass is 10.1. The lowest BCUT2D eigenvalue weighted by molar-refractivity contribution is 1.41. The summed E-state index contributed by atoms with van der Waals surface area (Å²) >= 11 is 1.73. The number of thioether (sulfide) groups is 1. The van der Waals surface area contributed by atoms with Crippen molar-refractivity contribution in [3.05, 3.63) is 42.5 Å². The van der Waals surface area contributed by atoms with Crippen molar-refractivity contribution in [1.82, 2.24) is 0 Å². The predicted molar refractivity (Wildman–Crippen MR) is 58.4 cm³/mol. The first kappa shape index (κ1) is 9.14. The Labute approximate surface area is 78.0 Å². The van der Waals surface area contributed by atoms with Gasteiger partial charge in [-0.05, 0) is 23.4 Å². The SMILES string of the molecule is C=Cc1cccc(SC)c1C=C. The third-order valence-corrected chi connectivity index (χ3v) is 2.54. The molecule has 0 aliphatic rings. The third kappa shape index (κ3) is 1.62. The predicted octanol–water partition coefficient (Wildman–Crippen LogP) is 3.69. The Hall–Kier alpha value is -0.950. The molecule has 0 aliphatic heterocycles. The first-order valence-corrected chi connectivity index (χ1v) is 4.97. The van der Waals surface area contributed by atoms with E-state index in [4.69, 9.17) is 0 Å². The molecule has 0 saturated carbocycles. The molecule has 12 heavy (non-hydrogen) atoms. The van der Waals surface area contributed by atoms with Crippen molar-refractivity contribution in [3.8, 4) is 0 Å². The minimum Gasteiger partial charge on any atom is -0.129 e. The Morgan fingerprint density at radius 1 is 1.25 bits per heavy atom. The van der Waals surface area contributed by atoms with Crippen LogP contribution >= 0.6 is 11.8 Å². The quantitative estimate of drug-likeness (QED) is 0.633. The summed E-state index contributed by atoms with van der Waals surface area (Å²) in [5.74, 6) is 0. The highest BCUT2D eigenvalue weighted by molar-refractivity contribution is 7.98. The van der Waals surface area contributed by atoms with Crippen molar-refractivity contribution in [1.29, 1.82) is 0 Å². The minimum atomic E-state index is 1.15. The van der Waals surface area contributed by atoms with Crippen molar-refractivity contribution < 1.29 is 0 Å². The molecule has 62 valence electrons.